The molecule has 23 heavy (non-hydrogen) atoms. The molecule has 0 bridgehead atoms. The van der Waals surface area contributed by atoms with E-state index in [0.717, 1.165) is 57.9 Å². The Hall–Kier alpha value is -1.86. The zero-order valence-electron chi connectivity index (χ0n) is 13.0. The van der Waals surface area contributed by atoms with Crippen molar-refractivity contribution in [3.05, 3.63) is 28.3 Å². The standard InChI is InChI=1S/C16H21N3O4/c20-19(21)15-9-12(1-4-16(15)23-14-2-3-14)18-10-13(11-18)17-5-7-22-8-6-17/h1,4,9,13-14H,2-3,5-8,10-11H2. The number of rotatable bonds is 5. The fourth-order valence-corrected chi connectivity index (χ4v) is 3.15. The average molecular weight is 319 g/mol. The Labute approximate surface area is 134 Å². The quantitative estimate of drug-likeness (QED) is 0.607. The zero-order valence-corrected chi connectivity index (χ0v) is 13.0. The normalized spacial score (nSPS) is 22.7. The summed E-state index contributed by atoms with van der Waals surface area (Å²) in [6.07, 6.45) is 2.15. The van der Waals surface area contributed by atoms with Crippen LogP contribution in [0.4, 0.5) is 11.4 Å². The molecule has 0 atom stereocenters. The lowest BCUT2D eigenvalue weighted by atomic mass is 10.0. The number of morpholine rings is 1. The molecule has 1 aliphatic carbocycles. The molecule has 2 heterocycles. The molecule has 0 unspecified atom stereocenters. The van der Waals surface area contributed by atoms with Gasteiger partial charge in [-0.3, -0.25) is 15.0 Å². The van der Waals surface area contributed by atoms with Gasteiger partial charge in [0.25, 0.3) is 0 Å². The van der Waals surface area contributed by atoms with E-state index in [-0.39, 0.29) is 16.7 Å². The average Bonchev–Trinajstić information content (AvgIpc) is 3.32. The number of nitro benzene ring substituents is 1. The lowest BCUT2D eigenvalue weighted by molar-refractivity contribution is -0.385. The summed E-state index contributed by atoms with van der Waals surface area (Å²) in [5.41, 5.74) is 0.980. The maximum absolute atomic E-state index is 11.3. The highest BCUT2D eigenvalue weighted by Gasteiger charge is 2.34. The Bertz CT molecular complexity index is 593. The summed E-state index contributed by atoms with van der Waals surface area (Å²) >= 11 is 0. The molecule has 2 aliphatic heterocycles. The fraction of sp³-hybridized carbons (Fsp3) is 0.625. The van der Waals surface area contributed by atoms with Gasteiger partial charge in [-0.25, -0.2) is 0 Å². The van der Waals surface area contributed by atoms with Crippen molar-refractivity contribution in [2.45, 2.75) is 25.0 Å². The van der Waals surface area contributed by atoms with E-state index in [9.17, 15) is 10.1 Å². The van der Waals surface area contributed by atoms with Gasteiger partial charge < -0.3 is 14.4 Å². The second-order valence-electron chi connectivity index (χ2n) is 6.43. The highest BCUT2D eigenvalue weighted by atomic mass is 16.6. The number of ether oxygens (including phenoxy) is 2. The Balaban J connectivity index is 1.43. The first-order chi connectivity index (χ1) is 11.2. The first kappa shape index (κ1) is 14.7. The van der Waals surface area contributed by atoms with Crippen molar-refractivity contribution in [1.82, 2.24) is 4.90 Å². The molecule has 7 heteroatoms. The van der Waals surface area contributed by atoms with Crippen molar-refractivity contribution in [1.29, 1.82) is 0 Å². The van der Waals surface area contributed by atoms with Gasteiger partial charge in [0.1, 0.15) is 0 Å². The molecule has 124 valence electrons. The highest BCUT2D eigenvalue weighted by molar-refractivity contribution is 5.61. The summed E-state index contributed by atoms with van der Waals surface area (Å²) in [5, 5.41) is 11.3. The van der Waals surface area contributed by atoms with Crippen molar-refractivity contribution in [3.8, 4) is 5.75 Å². The van der Waals surface area contributed by atoms with E-state index >= 15 is 0 Å². The van der Waals surface area contributed by atoms with Gasteiger partial charge in [0, 0.05) is 44.0 Å². The van der Waals surface area contributed by atoms with E-state index < -0.39 is 0 Å². The van der Waals surface area contributed by atoms with Crippen LogP contribution < -0.4 is 9.64 Å². The summed E-state index contributed by atoms with van der Waals surface area (Å²) in [6.45, 7) is 5.39. The highest BCUT2D eigenvalue weighted by Crippen LogP contribution is 2.37. The van der Waals surface area contributed by atoms with E-state index in [1.807, 2.05) is 6.07 Å². The monoisotopic (exact) mass is 319 g/mol. The number of hydrogen-bond donors (Lipinski definition) is 0. The minimum atomic E-state index is -0.347. The van der Waals surface area contributed by atoms with Crippen LogP contribution in [0, 0.1) is 10.1 Å². The Kier molecular flexibility index (Phi) is 3.82. The molecule has 4 rings (SSSR count). The second-order valence-corrected chi connectivity index (χ2v) is 6.43. The molecule has 1 aromatic rings. The lowest BCUT2D eigenvalue weighted by Crippen LogP contribution is -2.61. The van der Waals surface area contributed by atoms with E-state index in [1.54, 1.807) is 12.1 Å². The summed E-state index contributed by atoms with van der Waals surface area (Å²) in [7, 11) is 0. The molecule has 0 spiro atoms. The van der Waals surface area contributed by atoms with Gasteiger partial charge in [0.15, 0.2) is 5.75 Å². The van der Waals surface area contributed by atoms with Crippen LogP contribution in [0.25, 0.3) is 0 Å². The molecule has 7 nitrogen and oxygen atoms in total. The van der Waals surface area contributed by atoms with Crippen molar-refractivity contribution in [3.63, 3.8) is 0 Å². The van der Waals surface area contributed by atoms with Crippen LogP contribution in [-0.2, 0) is 4.74 Å². The fourth-order valence-electron chi connectivity index (χ4n) is 3.15. The van der Waals surface area contributed by atoms with Crippen LogP contribution in [0.1, 0.15) is 12.8 Å². The molecule has 2 saturated heterocycles. The number of nitro groups is 1. The molecule has 3 fully saturated rings. The molecule has 1 aromatic carbocycles. The second kappa shape index (κ2) is 5.98. The first-order valence-electron chi connectivity index (χ1n) is 8.22. The van der Waals surface area contributed by atoms with Crippen LogP contribution in [0.5, 0.6) is 5.75 Å². The van der Waals surface area contributed by atoms with Gasteiger partial charge >= 0.3 is 5.69 Å². The smallest absolute Gasteiger partial charge is 0.312 e. The third-order valence-corrected chi connectivity index (χ3v) is 4.75. The van der Waals surface area contributed by atoms with Gasteiger partial charge in [-0.1, -0.05) is 0 Å². The molecular weight excluding hydrogens is 298 g/mol. The molecule has 0 radical (unpaired) electrons. The number of anilines is 1. The van der Waals surface area contributed by atoms with E-state index in [2.05, 4.69) is 9.80 Å². The topological polar surface area (TPSA) is 68.1 Å². The maximum atomic E-state index is 11.3. The molecule has 3 aliphatic rings. The van der Waals surface area contributed by atoms with Crippen molar-refractivity contribution < 1.29 is 14.4 Å². The van der Waals surface area contributed by atoms with Crippen LogP contribution >= 0.6 is 0 Å². The van der Waals surface area contributed by atoms with Crippen molar-refractivity contribution in [2.24, 2.45) is 0 Å². The molecule has 1 saturated carbocycles. The first-order valence-corrected chi connectivity index (χ1v) is 8.22. The van der Waals surface area contributed by atoms with Gasteiger partial charge in [0.2, 0.25) is 0 Å². The third-order valence-electron chi connectivity index (χ3n) is 4.75. The van der Waals surface area contributed by atoms with Crippen molar-refractivity contribution >= 4 is 11.4 Å². The van der Waals surface area contributed by atoms with Crippen LogP contribution in [0.15, 0.2) is 18.2 Å². The Morgan fingerprint density at radius 3 is 2.61 bits per heavy atom. The number of nitrogens with zero attached hydrogens (tertiary/aromatic N) is 3. The van der Waals surface area contributed by atoms with E-state index in [0.29, 0.717) is 11.8 Å². The summed E-state index contributed by atoms with van der Waals surface area (Å²) in [4.78, 5) is 15.6. The zero-order chi connectivity index (χ0) is 15.8. The largest absolute Gasteiger partial charge is 0.483 e. The van der Waals surface area contributed by atoms with E-state index in [4.69, 9.17) is 9.47 Å². The van der Waals surface area contributed by atoms with Crippen LogP contribution in [0.3, 0.4) is 0 Å². The summed E-state index contributed by atoms with van der Waals surface area (Å²) in [5.74, 6) is 0.395. The molecule has 0 amide bonds. The molecule has 0 aromatic heterocycles. The summed E-state index contributed by atoms with van der Waals surface area (Å²) < 4.78 is 11.0. The lowest BCUT2D eigenvalue weighted by Gasteiger charge is -2.47. The molecular formula is C16H21N3O4. The van der Waals surface area contributed by atoms with Gasteiger partial charge in [-0.2, -0.15) is 0 Å². The number of benzene rings is 1. The predicted molar refractivity (Wildman–Crippen MR) is 85.1 cm³/mol. The summed E-state index contributed by atoms with van der Waals surface area (Å²) in [6, 6.07) is 5.85. The van der Waals surface area contributed by atoms with Crippen LogP contribution in [0.2, 0.25) is 0 Å². The van der Waals surface area contributed by atoms with Crippen molar-refractivity contribution in [2.75, 3.05) is 44.3 Å². The van der Waals surface area contributed by atoms with E-state index in [1.165, 1.54) is 0 Å². The van der Waals surface area contributed by atoms with Gasteiger partial charge in [-0.15, -0.1) is 0 Å². The maximum Gasteiger partial charge on any atom is 0.312 e. The molecule has 0 N–H and O–H groups in total. The van der Waals surface area contributed by atoms with Crippen LogP contribution in [-0.4, -0.2) is 61.4 Å². The minimum Gasteiger partial charge on any atom is -0.483 e. The Morgan fingerprint density at radius 1 is 1.22 bits per heavy atom. The Morgan fingerprint density at radius 2 is 1.96 bits per heavy atom. The van der Waals surface area contributed by atoms with Gasteiger partial charge in [-0.05, 0) is 25.0 Å². The SMILES string of the molecule is O=[N+]([O-])c1cc(N2CC(N3CCOCC3)C2)ccc1OC1CC1. The predicted octanol–water partition coefficient (Wildman–Crippen LogP) is 1.66. The third kappa shape index (κ3) is 3.11. The minimum absolute atomic E-state index is 0.0734. The van der Waals surface area contributed by atoms with Gasteiger partial charge in [0.05, 0.1) is 24.2 Å². The number of hydrogen-bond acceptors (Lipinski definition) is 6.